The number of carbonyl (C=O) groups is 1. The number of halogens is 1. The van der Waals surface area contributed by atoms with Crippen LogP contribution in [0.5, 0.6) is 0 Å². The predicted molar refractivity (Wildman–Crippen MR) is 106 cm³/mol. The van der Waals surface area contributed by atoms with Crippen LogP contribution in [0.2, 0.25) is 5.02 Å². The van der Waals surface area contributed by atoms with Crippen LogP contribution in [0, 0.1) is 0 Å². The summed E-state index contributed by atoms with van der Waals surface area (Å²) in [6.07, 6.45) is 3.65. The molecule has 3 rings (SSSR count). The number of anilines is 1. The van der Waals surface area contributed by atoms with Gasteiger partial charge in [-0.25, -0.2) is 8.42 Å². The molecule has 0 unspecified atom stereocenters. The zero-order chi connectivity index (χ0) is 19.4. The zero-order valence-electron chi connectivity index (χ0n) is 14.5. The lowest BCUT2D eigenvalue weighted by Crippen LogP contribution is -2.35. The highest BCUT2D eigenvalue weighted by molar-refractivity contribution is 7.89. The van der Waals surface area contributed by atoms with Crippen molar-refractivity contribution in [1.29, 1.82) is 0 Å². The van der Waals surface area contributed by atoms with Crippen LogP contribution >= 0.6 is 11.6 Å². The lowest BCUT2D eigenvalue weighted by molar-refractivity contribution is -0.116. The summed E-state index contributed by atoms with van der Waals surface area (Å²) in [5.74, 6) is -0.451. The number of amides is 1. The Labute approximate surface area is 163 Å². The number of likely N-dealkylation sites (N-methyl/N-ethyl adjacent to an activating group) is 1. The van der Waals surface area contributed by atoms with Crippen molar-refractivity contribution >= 4 is 33.2 Å². The van der Waals surface area contributed by atoms with E-state index in [4.69, 9.17) is 11.6 Å². The zero-order valence-corrected chi connectivity index (χ0v) is 16.1. The van der Waals surface area contributed by atoms with Crippen molar-refractivity contribution in [2.45, 2.75) is 4.90 Å². The summed E-state index contributed by atoms with van der Waals surface area (Å²) in [4.78, 5) is 12.6. The molecule has 0 saturated carbocycles. The Morgan fingerprint density at radius 2 is 1.74 bits per heavy atom. The van der Waals surface area contributed by atoms with E-state index in [2.05, 4.69) is 5.32 Å². The molecule has 0 bridgehead atoms. The van der Waals surface area contributed by atoms with Gasteiger partial charge in [-0.2, -0.15) is 4.31 Å². The first-order valence-corrected chi connectivity index (χ1v) is 9.94. The third kappa shape index (κ3) is 4.39. The van der Waals surface area contributed by atoms with Crippen molar-refractivity contribution < 1.29 is 13.2 Å². The largest absolute Gasteiger partial charge is 0.323 e. The van der Waals surface area contributed by atoms with Gasteiger partial charge in [-0.3, -0.25) is 4.79 Å². The third-order valence-corrected chi connectivity index (χ3v) is 5.99. The van der Waals surface area contributed by atoms with Gasteiger partial charge in [0.25, 0.3) is 0 Å². The van der Waals surface area contributed by atoms with Gasteiger partial charge in [0.2, 0.25) is 15.9 Å². The van der Waals surface area contributed by atoms with Gasteiger partial charge in [0, 0.05) is 24.5 Å². The summed E-state index contributed by atoms with van der Waals surface area (Å²) in [6.45, 7) is -0.315. The average Bonchev–Trinajstić information content (AvgIpc) is 3.18. The minimum absolute atomic E-state index is 0.139. The molecule has 1 heterocycles. The van der Waals surface area contributed by atoms with Gasteiger partial charge < -0.3 is 9.88 Å². The van der Waals surface area contributed by atoms with Crippen molar-refractivity contribution in [3.8, 4) is 5.69 Å². The molecular formula is C19H18ClN3O3S. The number of rotatable bonds is 6. The van der Waals surface area contributed by atoms with Crippen LogP contribution in [-0.2, 0) is 14.8 Å². The molecule has 27 heavy (non-hydrogen) atoms. The number of aromatic nitrogens is 1. The van der Waals surface area contributed by atoms with Crippen LogP contribution < -0.4 is 5.32 Å². The second-order valence-corrected chi connectivity index (χ2v) is 8.36. The van der Waals surface area contributed by atoms with Crippen molar-refractivity contribution in [3.63, 3.8) is 0 Å². The van der Waals surface area contributed by atoms with Gasteiger partial charge in [0.1, 0.15) is 0 Å². The molecule has 1 N–H and O–H groups in total. The Morgan fingerprint density at radius 1 is 1.07 bits per heavy atom. The molecule has 0 aliphatic heterocycles. The Kier molecular flexibility index (Phi) is 5.65. The number of sulfonamides is 1. The van der Waals surface area contributed by atoms with Crippen LogP contribution in [-0.4, -0.2) is 36.8 Å². The molecule has 0 fully saturated rings. The molecule has 8 heteroatoms. The minimum atomic E-state index is -3.74. The van der Waals surface area contributed by atoms with Gasteiger partial charge in [-0.05, 0) is 42.5 Å². The highest BCUT2D eigenvalue weighted by atomic mass is 35.5. The normalized spacial score (nSPS) is 11.5. The minimum Gasteiger partial charge on any atom is -0.323 e. The second-order valence-electron chi connectivity index (χ2n) is 5.87. The molecule has 2 aromatic carbocycles. The molecule has 0 aliphatic carbocycles. The lowest BCUT2D eigenvalue weighted by Gasteiger charge is -2.18. The average molecular weight is 404 g/mol. The van der Waals surface area contributed by atoms with E-state index in [1.54, 1.807) is 36.4 Å². The second kappa shape index (κ2) is 7.96. The SMILES string of the molecule is CN(CC(=O)Nc1ccc(Cl)cc1-n1cccc1)S(=O)(=O)c1ccccc1. The van der Waals surface area contributed by atoms with Crippen LogP contribution in [0.25, 0.3) is 5.69 Å². The number of nitrogens with zero attached hydrogens (tertiary/aromatic N) is 2. The maximum atomic E-state index is 12.5. The highest BCUT2D eigenvalue weighted by Gasteiger charge is 2.23. The van der Waals surface area contributed by atoms with E-state index in [9.17, 15) is 13.2 Å². The molecule has 3 aromatic rings. The number of hydrogen-bond donors (Lipinski definition) is 1. The maximum Gasteiger partial charge on any atom is 0.243 e. The smallest absolute Gasteiger partial charge is 0.243 e. The lowest BCUT2D eigenvalue weighted by atomic mass is 10.2. The van der Waals surface area contributed by atoms with Gasteiger partial charge >= 0.3 is 0 Å². The van der Waals surface area contributed by atoms with Crippen molar-refractivity contribution in [1.82, 2.24) is 8.87 Å². The van der Waals surface area contributed by atoms with E-state index in [0.717, 1.165) is 4.31 Å². The summed E-state index contributed by atoms with van der Waals surface area (Å²) in [5.41, 5.74) is 1.22. The molecule has 6 nitrogen and oxygen atoms in total. The molecular weight excluding hydrogens is 386 g/mol. The molecule has 1 aromatic heterocycles. The fourth-order valence-corrected chi connectivity index (χ4v) is 3.88. The fraction of sp³-hybridized carbons (Fsp3) is 0.105. The van der Waals surface area contributed by atoms with Crippen molar-refractivity contribution in [3.05, 3.63) is 78.1 Å². The first kappa shape index (κ1) is 19.2. The number of carbonyl (C=O) groups excluding carboxylic acids is 1. The van der Waals surface area contributed by atoms with Crippen molar-refractivity contribution in [2.75, 3.05) is 18.9 Å². The topological polar surface area (TPSA) is 71.4 Å². The highest BCUT2D eigenvalue weighted by Crippen LogP contribution is 2.25. The van der Waals surface area contributed by atoms with E-state index in [-0.39, 0.29) is 11.4 Å². The quantitative estimate of drug-likeness (QED) is 0.685. The van der Waals surface area contributed by atoms with Gasteiger partial charge in [-0.1, -0.05) is 29.8 Å². The Morgan fingerprint density at radius 3 is 2.41 bits per heavy atom. The molecule has 1 amide bonds. The molecule has 0 spiro atoms. The monoisotopic (exact) mass is 403 g/mol. The number of hydrogen-bond acceptors (Lipinski definition) is 3. The van der Waals surface area contributed by atoms with Crippen molar-refractivity contribution in [2.24, 2.45) is 0 Å². The van der Waals surface area contributed by atoms with E-state index in [1.807, 2.05) is 29.1 Å². The Hall–Kier alpha value is -2.61. The van der Waals surface area contributed by atoms with E-state index in [0.29, 0.717) is 16.4 Å². The molecule has 0 aliphatic rings. The first-order valence-electron chi connectivity index (χ1n) is 8.12. The predicted octanol–water partition coefficient (Wildman–Crippen LogP) is 3.39. The summed E-state index contributed by atoms with van der Waals surface area (Å²) in [6, 6.07) is 16.8. The molecule has 0 radical (unpaired) electrons. The Balaban J connectivity index is 1.77. The van der Waals surface area contributed by atoms with Gasteiger partial charge in [0.15, 0.2) is 0 Å². The van der Waals surface area contributed by atoms with Gasteiger partial charge in [-0.15, -0.1) is 0 Å². The molecule has 0 saturated heterocycles. The van der Waals surface area contributed by atoms with E-state index in [1.165, 1.54) is 19.2 Å². The molecule has 140 valence electrons. The maximum absolute atomic E-state index is 12.5. The van der Waals surface area contributed by atoms with E-state index >= 15 is 0 Å². The molecule has 0 atom stereocenters. The summed E-state index contributed by atoms with van der Waals surface area (Å²) in [7, 11) is -2.37. The third-order valence-electron chi connectivity index (χ3n) is 3.93. The van der Waals surface area contributed by atoms with Crippen LogP contribution in [0.15, 0.2) is 78.0 Å². The summed E-state index contributed by atoms with van der Waals surface area (Å²) in [5, 5.41) is 3.28. The number of nitrogens with one attached hydrogen (secondary N) is 1. The summed E-state index contributed by atoms with van der Waals surface area (Å²) >= 11 is 6.07. The van der Waals surface area contributed by atoms with Crippen LogP contribution in [0.4, 0.5) is 5.69 Å². The fourth-order valence-electron chi connectivity index (χ4n) is 2.57. The summed E-state index contributed by atoms with van der Waals surface area (Å²) < 4.78 is 27.9. The first-order chi connectivity index (χ1) is 12.9. The van der Waals surface area contributed by atoms with Crippen LogP contribution in [0.1, 0.15) is 0 Å². The van der Waals surface area contributed by atoms with Gasteiger partial charge in [0.05, 0.1) is 22.8 Å². The van der Waals surface area contributed by atoms with Crippen LogP contribution in [0.3, 0.4) is 0 Å². The standard InChI is InChI=1S/C19H18ClN3O3S/c1-22(27(25,26)16-7-3-2-4-8-16)14-19(24)21-17-10-9-15(20)13-18(17)23-11-5-6-12-23/h2-13H,14H2,1H3,(H,21,24). The Bertz CT molecular complexity index is 1040. The van der Waals surface area contributed by atoms with E-state index < -0.39 is 15.9 Å². The number of benzene rings is 2.